The van der Waals surface area contributed by atoms with Crippen LogP contribution in [0.5, 0.6) is 0 Å². The molecule has 2 rings (SSSR count). The van der Waals surface area contributed by atoms with Crippen molar-refractivity contribution in [3.8, 4) is 0 Å². The molecule has 0 aliphatic carbocycles. The van der Waals surface area contributed by atoms with Crippen molar-refractivity contribution < 1.29 is 9.18 Å². The lowest BCUT2D eigenvalue weighted by Gasteiger charge is -2.13. The molecule has 1 unspecified atom stereocenters. The number of aromatic nitrogens is 1. The Morgan fingerprint density at radius 1 is 1.63 bits per heavy atom. The summed E-state index contributed by atoms with van der Waals surface area (Å²) in [5, 5.41) is 5.64. The average molecular weight is 266 g/mol. The Balaban J connectivity index is 1.97. The number of hydrogen-bond acceptors (Lipinski definition) is 4. The van der Waals surface area contributed by atoms with E-state index < -0.39 is 5.82 Å². The first-order valence-electron chi connectivity index (χ1n) is 6.40. The third-order valence-electron chi connectivity index (χ3n) is 3.38. The molecule has 1 fully saturated rings. The minimum Gasteiger partial charge on any atom is -0.372 e. The number of rotatable bonds is 4. The Kier molecular flexibility index (Phi) is 4.31. The van der Waals surface area contributed by atoms with Crippen LogP contribution < -0.4 is 10.6 Å². The Bertz CT molecular complexity index is 466. The zero-order valence-corrected chi connectivity index (χ0v) is 11.2. The smallest absolute Gasteiger partial charge is 0.255 e. The molecule has 1 aromatic rings. The molecule has 0 aromatic carbocycles. The fourth-order valence-electron chi connectivity index (χ4n) is 2.34. The van der Waals surface area contributed by atoms with Crippen molar-refractivity contribution in [1.82, 2.24) is 15.2 Å². The molecule has 104 valence electrons. The Labute approximate surface area is 112 Å². The minimum atomic E-state index is -0.509. The molecular formula is C13H19FN4O. The third-order valence-corrected chi connectivity index (χ3v) is 3.38. The van der Waals surface area contributed by atoms with Crippen LogP contribution in [0.15, 0.2) is 12.3 Å². The van der Waals surface area contributed by atoms with Gasteiger partial charge in [-0.3, -0.25) is 4.79 Å². The maximum absolute atomic E-state index is 13.2. The van der Waals surface area contributed by atoms with Crippen LogP contribution in [0, 0.1) is 11.7 Å². The second-order valence-electron chi connectivity index (χ2n) is 4.93. The van der Waals surface area contributed by atoms with Gasteiger partial charge in [0.2, 0.25) is 0 Å². The number of pyridine rings is 1. The topological polar surface area (TPSA) is 57.3 Å². The van der Waals surface area contributed by atoms with E-state index in [2.05, 4.69) is 27.6 Å². The van der Waals surface area contributed by atoms with Gasteiger partial charge in [-0.05, 0) is 32.0 Å². The highest BCUT2D eigenvalue weighted by atomic mass is 19.1. The van der Waals surface area contributed by atoms with Gasteiger partial charge < -0.3 is 15.5 Å². The molecule has 1 atom stereocenters. The van der Waals surface area contributed by atoms with E-state index in [4.69, 9.17) is 0 Å². The van der Waals surface area contributed by atoms with E-state index in [1.165, 1.54) is 6.07 Å². The number of carbonyl (C=O) groups is 1. The van der Waals surface area contributed by atoms with Gasteiger partial charge >= 0.3 is 0 Å². The molecule has 0 spiro atoms. The van der Waals surface area contributed by atoms with E-state index in [1.54, 1.807) is 7.05 Å². The maximum Gasteiger partial charge on any atom is 0.255 e. The number of amides is 1. The van der Waals surface area contributed by atoms with Gasteiger partial charge in [0.05, 0.1) is 11.8 Å². The molecule has 1 aliphatic rings. The quantitative estimate of drug-likeness (QED) is 0.851. The first-order chi connectivity index (χ1) is 9.10. The summed E-state index contributed by atoms with van der Waals surface area (Å²) in [4.78, 5) is 18.1. The standard InChI is InChI=1S/C13H19FN4O/c1-15-12-11(5-10(14)7-16-12)13(19)17-6-9-3-4-18(2)8-9/h5,7,9H,3-4,6,8H2,1-2H3,(H,15,16)(H,17,19). The van der Waals surface area contributed by atoms with Crippen LogP contribution in [-0.4, -0.2) is 49.5 Å². The van der Waals surface area contributed by atoms with Crippen molar-refractivity contribution in [2.24, 2.45) is 5.92 Å². The molecule has 1 amide bonds. The van der Waals surface area contributed by atoms with E-state index in [0.29, 0.717) is 18.3 Å². The maximum atomic E-state index is 13.2. The molecular weight excluding hydrogens is 247 g/mol. The van der Waals surface area contributed by atoms with Crippen molar-refractivity contribution in [2.45, 2.75) is 6.42 Å². The molecule has 0 radical (unpaired) electrons. The summed E-state index contributed by atoms with van der Waals surface area (Å²) in [5.74, 6) is 0.0617. The lowest BCUT2D eigenvalue weighted by atomic mass is 10.1. The van der Waals surface area contributed by atoms with E-state index in [-0.39, 0.29) is 11.5 Å². The lowest BCUT2D eigenvalue weighted by molar-refractivity contribution is 0.0947. The van der Waals surface area contributed by atoms with Crippen molar-refractivity contribution in [1.29, 1.82) is 0 Å². The van der Waals surface area contributed by atoms with Gasteiger partial charge in [0.1, 0.15) is 11.6 Å². The average Bonchev–Trinajstić information content (AvgIpc) is 2.81. The number of hydrogen-bond donors (Lipinski definition) is 2. The molecule has 0 bridgehead atoms. The van der Waals surface area contributed by atoms with Crippen molar-refractivity contribution in [2.75, 3.05) is 39.0 Å². The third kappa shape index (κ3) is 3.41. The van der Waals surface area contributed by atoms with Crippen molar-refractivity contribution in [3.63, 3.8) is 0 Å². The molecule has 19 heavy (non-hydrogen) atoms. The highest BCUT2D eigenvalue weighted by molar-refractivity contribution is 5.98. The number of nitrogens with one attached hydrogen (secondary N) is 2. The normalized spacial score (nSPS) is 19.4. The van der Waals surface area contributed by atoms with Gasteiger partial charge in [-0.25, -0.2) is 9.37 Å². The summed E-state index contributed by atoms with van der Waals surface area (Å²) in [6.07, 6.45) is 2.17. The van der Waals surface area contributed by atoms with E-state index in [9.17, 15) is 9.18 Å². The van der Waals surface area contributed by atoms with E-state index >= 15 is 0 Å². The summed E-state index contributed by atoms with van der Waals surface area (Å²) in [7, 11) is 3.72. The highest BCUT2D eigenvalue weighted by Gasteiger charge is 2.21. The lowest BCUT2D eigenvalue weighted by Crippen LogP contribution is -2.31. The zero-order valence-electron chi connectivity index (χ0n) is 11.2. The van der Waals surface area contributed by atoms with Crippen LogP contribution in [0.4, 0.5) is 10.2 Å². The Morgan fingerprint density at radius 3 is 3.05 bits per heavy atom. The summed E-state index contributed by atoms with van der Waals surface area (Å²) in [6.45, 7) is 2.66. The summed E-state index contributed by atoms with van der Waals surface area (Å²) in [5.41, 5.74) is 0.244. The largest absolute Gasteiger partial charge is 0.372 e. The highest BCUT2D eigenvalue weighted by Crippen LogP contribution is 2.15. The second-order valence-corrected chi connectivity index (χ2v) is 4.93. The van der Waals surface area contributed by atoms with Gasteiger partial charge in [-0.15, -0.1) is 0 Å². The molecule has 2 N–H and O–H groups in total. The number of likely N-dealkylation sites (tertiary alicyclic amines) is 1. The number of halogens is 1. The van der Waals surface area contributed by atoms with Crippen molar-refractivity contribution >= 4 is 11.7 Å². The Hall–Kier alpha value is -1.69. The fourth-order valence-corrected chi connectivity index (χ4v) is 2.34. The van der Waals surface area contributed by atoms with Gasteiger partial charge in [-0.1, -0.05) is 0 Å². The fraction of sp³-hybridized carbons (Fsp3) is 0.538. The van der Waals surface area contributed by atoms with Gasteiger partial charge in [0, 0.05) is 20.1 Å². The van der Waals surface area contributed by atoms with E-state index in [1.807, 2.05) is 0 Å². The van der Waals surface area contributed by atoms with Gasteiger partial charge in [-0.2, -0.15) is 0 Å². The number of anilines is 1. The predicted molar refractivity (Wildman–Crippen MR) is 71.7 cm³/mol. The molecule has 1 aromatic heterocycles. The molecule has 1 saturated heterocycles. The second kappa shape index (κ2) is 5.97. The molecule has 0 saturated carbocycles. The van der Waals surface area contributed by atoms with E-state index in [0.717, 1.165) is 25.7 Å². The molecule has 2 heterocycles. The van der Waals surface area contributed by atoms with Crippen LogP contribution in [0.1, 0.15) is 16.8 Å². The van der Waals surface area contributed by atoms with Crippen LogP contribution >= 0.6 is 0 Å². The monoisotopic (exact) mass is 266 g/mol. The number of nitrogens with zero attached hydrogens (tertiary/aromatic N) is 2. The zero-order chi connectivity index (χ0) is 13.8. The van der Waals surface area contributed by atoms with Crippen LogP contribution in [0.3, 0.4) is 0 Å². The summed E-state index contributed by atoms with van der Waals surface area (Å²) in [6, 6.07) is 1.20. The SMILES string of the molecule is CNc1ncc(F)cc1C(=O)NCC1CCN(C)C1. The van der Waals surface area contributed by atoms with Gasteiger partial charge in [0.25, 0.3) is 5.91 Å². The van der Waals surface area contributed by atoms with Gasteiger partial charge in [0.15, 0.2) is 0 Å². The summed E-state index contributed by atoms with van der Waals surface area (Å²) < 4.78 is 13.2. The summed E-state index contributed by atoms with van der Waals surface area (Å²) >= 11 is 0. The molecule has 1 aliphatic heterocycles. The van der Waals surface area contributed by atoms with Crippen LogP contribution in [0.25, 0.3) is 0 Å². The minimum absolute atomic E-state index is 0.244. The van der Waals surface area contributed by atoms with Crippen molar-refractivity contribution in [3.05, 3.63) is 23.6 Å². The first kappa shape index (κ1) is 13.7. The first-order valence-corrected chi connectivity index (χ1v) is 6.40. The van der Waals surface area contributed by atoms with Crippen LogP contribution in [0.2, 0.25) is 0 Å². The predicted octanol–water partition coefficient (Wildman–Crippen LogP) is 0.944. The number of carbonyl (C=O) groups excluding carboxylic acids is 1. The molecule has 6 heteroatoms. The Morgan fingerprint density at radius 2 is 2.42 bits per heavy atom. The molecule has 5 nitrogen and oxygen atoms in total. The van der Waals surface area contributed by atoms with Crippen LogP contribution in [-0.2, 0) is 0 Å².